The minimum atomic E-state index is -1.19. The Kier molecular flexibility index (Phi) is 12.4. The van der Waals surface area contributed by atoms with Gasteiger partial charge in [-0.05, 0) is 30.8 Å². The van der Waals surface area contributed by atoms with Crippen molar-refractivity contribution in [1.82, 2.24) is 16.0 Å². The second-order valence-corrected chi connectivity index (χ2v) is 7.42. The van der Waals surface area contributed by atoms with Crippen LogP contribution in [0.2, 0.25) is 0 Å². The smallest absolute Gasteiger partial charge is 0.322 e. The third kappa shape index (κ3) is 10.8. The summed E-state index contributed by atoms with van der Waals surface area (Å²) in [6.07, 6.45) is 2.45. The number of rotatable bonds is 13. The van der Waals surface area contributed by atoms with E-state index in [1.165, 1.54) is 11.8 Å². The highest BCUT2D eigenvalue weighted by atomic mass is 32.2. The minimum Gasteiger partial charge on any atom is -0.480 e. The van der Waals surface area contributed by atoms with E-state index in [0.717, 1.165) is 0 Å². The molecule has 0 spiro atoms. The van der Waals surface area contributed by atoms with E-state index in [2.05, 4.69) is 16.0 Å². The summed E-state index contributed by atoms with van der Waals surface area (Å²) in [6, 6.07) is -3.01. The highest BCUT2D eigenvalue weighted by Crippen LogP contribution is 2.07. The Morgan fingerprint density at radius 1 is 1.04 bits per heavy atom. The second-order valence-electron chi connectivity index (χ2n) is 6.43. The van der Waals surface area contributed by atoms with Crippen molar-refractivity contribution in [3.63, 3.8) is 0 Å². The van der Waals surface area contributed by atoms with Gasteiger partial charge in [0, 0.05) is 0 Å². The molecule has 156 valence electrons. The van der Waals surface area contributed by atoms with Crippen LogP contribution in [0, 0.1) is 5.92 Å². The molecule has 3 amide bonds. The fraction of sp³-hybridized carbons (Fsp3) is 0.750. The van der Waals surface area contributed by atoms with E-state index in [1.807, 2.05) is 20.1 Å². The number of carboxylic acids is 1. The van der Waals surface area contributed by atoms with Crippen molar-refractivity contribution in [2.75, 3.05) is 25.2 Å². The van der Waals surface area contributed by atoms with Crippen LogP contribution >= 0.6 is 11.8 Å². The molecular weight excluding hydrogens is 376 g/mol. The molecule has 0 rings (SSSR count). The molecule has 0 radical (unpaired) electrons. The van der Waals surface area contributed by atoms with Gasteiger partial charge >= 0.3 is 5.97 Å². The molecule has 3 unspecified atom stereocenters. The van der Waals surface area contributed by atoms with E-state index >= 15 is 0 Å². The minimum absolute atomic E-state index is 0.0666. The van der Waals surface area contributed by atoms with E-state index in [9.17, 15) is 19.2 Å². The van der Waals surface area contributed by atoms with Crippen LogP contribution in [0.5, 0.6) is 0 Å². The van der Waals surface area contributed by atoms with E-state index in [0.29, 0.717) is 18.6 Å². The molecule has 10 nitrogen and oxygen atoms in total. The highest BCUT2D eigenvalue weighted by molar-refractivity contribution is 7.98. The maximum atomic E-state index is 12.6. The summed E-state index contributed by atoms with van der Waals surface area (Å²) in [5.41, 5.74) is 5.46. The molecule has 0 aromatic rings. The molecule has 0 heterocycles. The van der Waals surface area contributed by atoms with Crippen molar-refractivity contribution in [2.45, 2.75) is 44.8 Å². The predicted molar refractivity (Wildman–Crippen MR) is 102 cm³/mol. The third-order valence-electron chi connectivity index (χ3n) is 3.53. The molecule has 0 saturated heterocycles. The number of hydrogen-bond acceptors (Lipinski definition) is 7. The van der Waals surface area contributed by atoms with Gasteiger partial charge in [-0.3, -0.25) is 19.2 Å². The van der Waals surface area contributed by atoms with Gasteiger partial charge in [0.15, 0.2) is 0 Å². The number of carbonyl (C=O) groups is 4. The fourth-order valence-electron chi connectivity index (χ4n) is 2.13. The van der Waals surface area contributed by atoms with Gasteiger partial charge < -0.3 is 31.9 Å². The average molecular weight is 407 g/mol. The number of carbonyl (C=O) groups excluding carboxylic acids is 3. The second kappa shape index (κ2) is 13.3. The summed E-state index contributed by atoms with van der Waals surface area (Å²) in [4.78, 5) is 47.3. The van der Waals surface area contributed by atoms with Crippen molar-refractivity contribution in [3.05, 3.63) is 0 Å². The number of nitrogens with two attached hydrogens (primary N) is 1. The third-order valence-corrected chi connectivity index (χ3v) is 4.17. The lowest BCUT2D eigenvalue weighted by Gasteiger charge is -2.24. The Balaban J connectivity index is 5.12. The molecule has 0 aromatic carbocycles. The first-order valence-corrected chi connectivity index (χ1v) is 9.97. The maximum absolute atomic E-state index is 12.6. The standard InChI is InChI=1S/C16H30N4O6S/c1-9(2)6-12(20-14(24)10(17)8-21)16(26)19-11(4-5-27-3)15(25)18-7-13(22)23/h9-12,21H,4-8,17H2,1-3H3,(H,18,25)(H,19,26)(H,20,24)(H,22,23). The van der Waals surface area contributed by atoms with Gasteiger partial charge in [0.25, 0.3) is 0 Å². The van der Waals surface area contributed by atoms with Gasteiger partial charge in [-0.15, -0.1) is 0 Å². The topological polar surface area (TPSA) is 171 Å². The zero-order chi connectivity index (χ0) is 21.0. The normalized spacial score (nSPS) is 14.1. The molecule has 0 bridgehead atoms. The Bertz CT molecular complexity index is 517. The van der Waals surface area contributed by atoms with Gasteiger partial charge in [-0.1, -0.05) is 13.8 Å². The first kappa shape index (κ1) is 25.1. The van der Waals surface area contributed by atoms with Crippen LogP contribution in [0.4, 0.5) is 0 Å². The number of amides is 3. The molecule has 0 aromatic heterocycles. The van der Waals surface area contributed by atoms with E-state index in [-0.39, 0.29) is 5.92 Å². The van der Waals surface area contributed by atoms with Crippen LogP contribution in [-0.2, 0) is 19.2 Å². The molecule has 11 heteroatoms. The Morgan fingerprint density at radius 2 is 1.63 bits per heavy atom. The molecule has 0 saturated carbocycles. The van der Waals surface area contributed by atoms with Crippen molar-refractivity contribution >= 4 is 35.5 Å². The SMILES string of the molecule is CSCCC(NC(=O)C(CC(C)C)NC(=O)C(N)CO)C(=O)NCC(=O)O. The van der Waals surface area contributed by atoms with Crippen LogP contribution < -0.4 is 21.7 Å². The van der Waals surface area contributed by atoms with Gasteiger partial charge in [-0.2, -0.15) is 11.8 Å². The summed E-state index contributed by atoms with van der Waals surface area (Å²) in [5.74, 6) is -2.41. The lowest BCUT2D eigenvalue weighted by atomic mass is 10.0. The monoisotopic (exact) mass is 406 g/mol. The largest absolute Gasteiger partial charge is 0.480 e. The van der Waals surface area contributed by atoms with Crippen LogP contribution in [0.25, 0.3) is 0 Å². The number of carboxylic acid groups (broad SMARTS) is 1. The molecule has 0 aliphatic heterocycles. The molecule has 0 fully saturated rings. The van der Waals surface area contributed by atoms with Crippen LogP contribution in [0.1, 0.15) is 26.7 Å². The van der Waals surface area contributed by atoms with E-state index in [4.69, 9.17) is 15.9 Å². The predicted octanol–water partition coefficient (Wildman–Crippen LogP) is -1.72. The van der Waals surface area contributed by atoms with Gasteiger partial charge in [-0.25, -0.2) is 0 Å². The van der Waals surface area contributed by atoms with Crippen molar-refractivity contribution in [1.29, 1.82) is 0 Å². The Morgan fingerprint density at radius 3 is 2.11 bits per heavy atom. The van der Waals surface area contributed by atoms with Gasteiger partial charge in [0.1, 0.15) is 24.7 Å². The summed E-state index contributed by atoms with van der Waals surface area (Å²) < 4.78 is 0. The van der Waals surface area contributed by atoms with Crippen molar-refractivity contribution in [2.24, 2.45) is 11.7 Å². The van der Waals surface area contributed by atoms with Crippen LogP contribution in [0.15, 0.2) is 0 Å². The van der Waals surface area contributed by atoms with E-state index < -0.39 is 55.0 Å². The van der Waals surface area contributed by atoms with Crippen LogP contribution in [0.3, 0.4) is 0 Å². The molecule has 3 atom stereocenters. The average Bonchev–Trinajstić information content (AvgIpc) is 2.60. The number of aliphatic carboxylic acids is 1. The summed E-state index contributed by atoms with van der Waals surface area (Å²) >= 11 is 1.47. The molecule has 27 heavy (non-hydrogen) atoms. The number of aliphatic hydroxyl groups is 1. The Hall–Kier alpha value is -1.85. The van der Waals surface area contributed by atoms with Crippen molar-refractivity contribution in [3.8, 4) is 0 Å². The lowest BCUT2D eigenvalue weighted by Crippen LogP contribution is -2.56. The quantitative estimate of drug-likeness (QED) is 0.210. The zero-order valence-electron chi connectivity index (χ0n) is 15.9. The molecular formula is C16H30N4O6S. The molecule has 0 aliphatic rings. The highest BCUT2D eigenvalue weighted by Gasteiger charge is 2.28. The number of aliphatic hydroxyl groups excluding tert-OH is 1. The summed E-state index contributed by atoms with van der Waals surface area (Å²) in [7, 11) is 0. The van der Waals surface area contributed by atoms with Crippen LogP contribution in [-0.4, -0.2) is 77.2 Å². The lowest BCUT2D eigenvalue weighted by molar-refractivity contribution is -0.138. The first-order valence-electron chi connectivity index (χ1n) is 8.57. The summed E-state index contributed by atoms with van der Waals surface area (Å²) in [6.45, 7) is 2.62. The fourth-order valence-corrected chi connectivity index (χ4v) is 2.60. The van der Waals surface area contributed by atoms with E-state index in [1.54, 1.807) is 0 Å². The first-order chi connectivity index (χ1) is 12.6. The molecule has 7 N–H and O–H groups in total. The maximum Gasteiger partial charge on any atom is 0.322 e. The Labute approximate surface area is 163 Å². The van der Waals surface area contributed by atoms with Gasteiger partial charge in [0.05, 0.1) is 6.61 Å². The number of nitrogens with one attached hydrogen (secondary N) is 3. The van der Waals surface area contributed by atoms with Gasteiger partial charge in [0.2, 0.25) is 17.7 Å². The summed E-state index contributed by atoms with van der Waals surface area (Å²) in [5, 5.41) is 24.9. The number of thioether (sulfide) groups is 1. The van der Waals surface area contributed by atoms with Crippen molar-refractivity contribution < 1.29 is 29.4 Å². The number of hydrogen-bond donors (Lipinski definition) is 6. The zero-order valence-corrected chi connectivity index (χ0v) is 16.7. The molecule has 0 aliphatic carbocycles.